The molecule has 1 aromatic heterocycles. The van der Waals surface area contributed by atoms with E-state index < -0.39 is 0 Å². The summed E-state index contributed by atoms with van der Waals surface area (Å²) in [6.45, 7) is 6.54. The molecule has 0 aromatic carbocycles. The van der Waals surface area contributed by atoms with Crippen LogP contribution < -0.4 is 0 Å². The molecule has 0 unspecified atom stereocenters. The fourth-order valence-electron chi connectivity index (χ4n) is 1.66. The summed E-state index contributed by atoms with van der Waals surface area (Å²) >= 11 is 0. The zero-order chi connectivity index (χ0) is 12.8. The van der Waals surface area contributed by atoms with Gasteiger partial charge in [0.1, 0.15) is 5.76 Å². The maximum absolute atomic E-state index is 12.2. The summed E-state index contributed by atoms with van der Waals surface area (Å²) < 4.78 is 5.45. The first kappa shape index (κ1) is 13.8. The largest absolute Gasteiger partial charge is 0.456 e. The van der Waals surface area contributed by atoms with Crippen molar-refractivity contribution in [3.05, 3.63) is 23.7 Å². The molecule has 0 radical (unpaired) electrons. The quantitative estimate of drug-likeness (QED) is 0.826. The number of amides is 1. The topological polar surface area (TPSA) is 53.7 Å². The Labute approximate surface area is 102 Å². The van der Waals surface area contributed by atoms with Gasteiger partial charge in [-0.2, -0.15) is 0 Å². The average molecular weight is 239 g/mol. The van der Waals surface area contributed by atoms with E-state index in [-0.39, 0.29) is 18.6 Å². The van der Waals surface area contributed by atoms with E-state index in [9.17, 15) is 4.79 Å². The Hall–Kier alpha value is -1.29. The summed E-state index contributed by atoms with van der Waals surface area (Å²) in [5.74, 6) is 1.10. The molecule has 17 heavy (non-hydrogen) atoms. The molecule has 1 aromatic rings. The number of hydrogen-bond donors (Lipinski definition) is 1. The summed E-state index contributed by atoms with van der Waals surface area (Å²) in [4.78, 5) is 13.9. The zero-order valence-corrected chi connectivity index (χ0v) is 10.8. The van der Waals surface area contributed by atoms with Gasteiger partial charge in [-0.3, -0.25) is 4.79 Å². The third-order valence-electron chi connectivity index (χ3n) is 2.66. The van der Waals surface area contributed by atoms with Crippen LogP contribution in [0.4, 0.5) is 0 Å². The molecule has 0 saturated heterocycles. The number of carbonyl (C=O) groups excluding carboxylic acids is 1. The number of carbonyl (C=O) groups is 1. The lowest BCUT2D eigenvalue weighted by Crippen LogP contribution is -2.37. The van der Waals surface area contributed by atoms with Gasteiger partial charge in [-0.05, 0) is 32.4 Å². The van der Waals surface area contributed by atoms with Crippen molar-refractivity contribution >= 4 is 5.91 Å². The van der Waals surface area contributed by atoms with Crippen LogP contribution in [-0.4, -0.2) is 35.1 Å². The standard InChI is InChI=1S/C13H21NO3/c1-4-11-6-7-12(17-11)13(16)14(10(2)3)8-5-9-15/h6-7,10,15H,4-5,8-9H2,1-3H3. The Morgan fingerprint density at radius 3 is 2.65 bits per heavy atom. The van der Waals surface area contributed by atoms with E-state index in [1.807, 2.05) is 26.8 Å². The minimum absolute atomic E-state index is 0.0921. The van der Waals surface area contributed by atoms with Crippen LogP contribution in [0, 0.1) is 0 Å². The van der Waals surface area contributed by atoms with Crippen molar-refractivity contribution in [1.82, 2.24) is 4.90 Å². The van der Waals surface area contributed by atoms with Crippen molar-refractivity contribution in [3.8, 4) is 0 Å². The molecule has 1 N–H and O–H groups in total. The second kappa shape index (κ2) is 6.45. The van der Waals surface area contributed by atoms with Gasteiger partial charge in [0, 0.05) is 25.6 Å². The summed E-state index contributed by atoms with van der Waals surface area (Å²) in [5, 5.41) is 8.83. The van der Waals surface area contributed by atoms with Crippen LogP contribution in [0.1, 0.15) is 43.5 Å². The molecule has 0 bridgehead atoms. The smallest absolute Gasteiger partial charge is 0.289 e. The molecular formula is C13H21NO3. The van der Waals surface area contributed by atoms with Gasteiger partial charge < -0.3 is 14.4 Å². The van der Waals surface area contributed by atoms with E-state index >= 15 is 0 Å². The highest BCUT2D eigenvalue weighted by atomic mass is 16.4. The number of furan rings is 1. The van der Waals surface area contributed by atoms with Gasteiger partial charge in [0.05, 0.1) is 0 Å². The molecule has 0 atom stereocenters. The molecule has 96 valence electrons. The minimum Gasteiger partial charge on any atom is -0.456 e. The highest BCUT2D eigenvalue weighted by molar-refractivity contribution is 5.91. The molecule has 4 nitrogen and oxygen atoms in total. The number of aliphatic hydroxyl groups is 1. The normalized spacial score (nSPS) is 10.9. The molecule has 0 fully saturated rings. The van der Waals surface area contributed by atoms with E-state index in [0.29, 0.717) is 18.7 Å². The van der Waals surface area contributed by atoms with Gasteiger partial charge in [0.25, 0.3) is 5.91 Å². The number of rotatable bonds is 6. The van der Waals surface area contributed by atoms with Crippen LogP contribution in [0.2, 0.25) is 0 Å². The Balaban J connectivity index is 2.76. The molecule has 0 aliphatic rings. The monoisotopic (exact) mass is 239 g/mol. The lowest BCUT2D eigenvalue weighted by Gasteiger charge is -2.25. The first-order chi connectivity index (χ1) is 8.10. The first-order valence-corrected chi connectivity index (χ1v) is 6.10. The second-order valence-corrected chi connectivity index (χ2v) is 4.29. The fourth-order valence-corrected chi connectivity index (χ4v) is 1.66. The highest BCUT2D eigenvalue weighted by Gasteiger charge is 2.21. The van der Waals surface area contributed by atoms with Crippen molar-refractivity contribution in [1.29, 1.82) is 0 Å². The van der Waals surface area contributed by atoms with Crippen molar-refractivity contribution in [2.75, 3.05) is 13.2 Å². The molecule has 0 aliphatic carbocycles. The summed E-state index contributed by atoms with van der Waals surface area (Å²) in [7, 11) is 0. The molecule has 1 heterocycles. The number of aliphatic hydroxyl groups excluding tert-OH is 1. The van der Waals surface area contributed by atoms with Gasteiger partial charge >= 0.3 is 0 Å². The van der Waals surface area contributed by atoms with Crippen LogP contribution >= 0.6 is 0 Å². The van der Waals surface area contributed by atoms with E-state index in [2.05, 4.69) is 0 Å². The molecule has 0 aliphatic heterocycles. The lowest BCUT2D eigenvalue weighted by molar-refractivity contribution is 0.0659. The Morgan fingerprint density at radius 1 is 1.47 bits per heavy atom. The van der Waals surface area contributed by atoms with Crippen molar-refractivity contribution < 1.29 is 14.3 Å². The van der Waals surface area contributed by atoms with Gasteiger partial charge in [0.2, 0.25) is 0 Å². The average Bonchev–Trinajstić information content (AvgIpc) is 2.77. The van der Waals surface area contributed by atoms with E-state index in [1.165, 1.54) is 0 Å². The molecule has 1 amide bonds. The molecular weight excluding hydrogens is 218 g/mol. The Bertz CT molecular complexity index is 357. The predicted molar refractivity (Wildman–Crippen MR) is 66.0 cm³/mol. The van der Waals surface area contributed by atoms with Crippen LogP contribution in [0.3, 0.4) is 0 Å². The van der Waals surface area contributed by atoms with E-state index in [4.69, 9.17) is 9.52 Å². The Morgan fingerprint density at radius 2 is 2.18 bits per heavy atom. The molecule has 0 saturated carbocycles. The third kappa shape index (κ3) is 3.60. The van der Waals surface area contributed by atoms with Crippen LogP contribution in [0.25, 0.3) is 0 Å². The van der Waals surface area contributed by atoms with Crippen LogP contribution in [0.15, 0.2) is 16.5 Å². The number of hydrogen-bond acceptors (Lipinski definition) is 3. The number of nitrogens with zero attached hydrogens (tertiary/aromatic N) is 1. The maximum atomic E-state index is 12.2. The Kier molecular flexibility index (Phi) is 5.22. The molecule has 1 rings (SSSR count). The van der Waals surface area contributed by atoms with Gasteiger partial charge in [-0.25, -0.2) is 0 Å². The molecule has 0 spiro atoms. The number of aryl methyl sites for hydroxylation is 1. The summed E-state index contributed by atoms with van der Waals surface area (Å²) in [6.07, 6.45) is 1.37. The highest BCUT2D eigenvalue weighted by Crippen LogP contribution is 2.13. The second-order valence-electron chi connectivity index (χ2n) is 4.29. The molecule has 4 heteroatoms. The van der Waals surface area contributed by atoms with Gasteiger partial charge in [-0.1, -0.05) is 6.92 Å². The van der Waals surface area contributed by atoms with Crippen LogP contribution in [0.5, 0.6) is 0 Å². The minimum atomic E-state index is -0.104. The first-order valence-electron chi connectivity index (χ1n) is 6.10. The predicted octanol–water partition coefficient (Wildman–Crippen LogP) is 2.08. The summed E-state index contributed by atoms with van der Waals surface area (Å²) in [5.41, 5.74) is 0. The van der Waals surface area contributed by atoms with Crippen molar-refractivity contribution in [3.63, 3.8) is 0 Å². The van der Waals surface area contributed by atoms with Crippen LogP contribution in [-0.2, 0) is 6.42 Å². The zero-order valence-electron chi connectivity index (χ0n) is 10.8. The van der Waals surface area contributed by atoms with Gasteiger partial charge in [0.15, 0.2) is 5.76 Å². The van der Waals surface area contributed by atoms with Crippen molar-refractivity contribution in [2.45, 2.75) is 39.7 Å². The lowest BCUT2D eigenvalue weighted by atomic mass is 10.2. The third-order valence-corrected chi connectivity index (χ3v) is 2.66. The van der Waals surface area contributed by atoms with Crippen molar-refractivity contribution in [2.24, 2.45) is 0 Å². The SMILES string of the molecule is CCc1ccc(C(=O)N(CCCO)C(C)C)o1. The maximum Gasteiger partial charge on any atom is 0.289 e. The fraction of sp³-hybridized carbons (Fsp3) is 0.615. The van der Waals surface area contributed by atoms with E-state index in [1.54, 1.807) is 11.0 Å². The van der Waals surface area contributed by atoms with E-state index in [0.717, 1.165) is 12.2 Å². The summed E-state index contributed by atoms with van der Waals surface area (Å²) in [6, 6.07) is 3.65. The van der Waals surface area contributed by atoms with Gasteiger partial charge in [-0.15, -0.1) is 0 Å².